The van der Waals surface area contributed by atoms with Gasteiger partial charge in [0, 0.05) is 19.6 Å². The van der Waals surface area contributed by atoms with Crippen LogP contribution in [0.5, 0.6) is 0 Å². The van der Waals surface area contributed by atoms with E-state index in [0.717, 1.165) is 29.7 Å². The number of benzene rings is 3. The number of urea groups is 1. The predicted octanol–water partition coefficient (Wildman–Crippen LogP) is 6.48. The topological polar surface area (TPSA) is 52.6 Å². The van der Waals surface area contributed by atoms with Crippen LogP contribution in [0.1, 0.15) is 53.2 Å². The van der Waals surface area contributed by atoms with Crippen LogP contribution in [0.25, 0.3) is 0 Å². The van der Waals surface area contributed by atoms with E-state index in [0.29, 0.717) is 36.9 Å². The zero-order chi connectivity index (χ0) is 25.1. The van der Waals surface area contributed by atoms with Gasteiger partial charge in [-0.25, -0.2) is 13.6 Å². The van der Waals surface area contributed by atoms with Gasteiger partial charge in [0.15, 0.2) is 0 Å². The van der Waals surface area contributed by atoms with Crippen molar-refractivity contribution in [2.75, 3.05) is 23.3 Å². The lowest BCUT2D eigenvalue weighted by Gasteiger charge is -2.36. The van der Waals surface area contributed by atoms with Crippen LogP contribution in [0.4, 0.5) is 25.0 Å². The summed E-state index contributed by atoms with van der Waals surface area (Å²) in [7, 11) is 0. The lowest BCUT2D eigenvalue weighted by atomic mass is 10.0. The Morgan fingerprint density at radius 3 is 2.34 bits per heavy atom. The van der Waals surface area contributed by atoms with Crippen molar-refractivity contribution in [2.45, 2.75) is 39.7 Å². The first-order valence-corrected chi connectivity index (χ1v) is 11.8. The Morgan fingerprint density at radius 1 is 1.00 bits per heavy atom. The van der Waals surface area contributed by atoms with E-state index in [2.05, 4.69) is 31.3 Å². The summed E-state index contributed by atoms with van der Waals surface area (Å²) in [4.78, 5) is 29.6. The van der Waals surface area contributed by atoms with E-state index < -0.39 is 23.1 Å². The Bertz CT molecular complexity index is 1220. The number of carbonyl (C=O) groups excluding carboxylic acids is 2. The molecule has 5 nitrogen and oxygen atoms in total. The molecule has 7 heteroatoms. The minimum atomic E-state index is -0.944. The smallest absolute Gasteiger partial charge is 0.320 e. The summed E-state index contributed by atoms with van der Waals surface area (Å²) < 4.78 is 28.3. The number of aryl methyl sites for hydroxylation is 1. The number of anilines is 2. The maximum Gasteiger partial charge on any atom is 0.324 e. The van der Waals surface area contributed by atoms with E-state index in [-0.39, 0.29) is 6.03 Å². The molecule has 1 fully saturated rings. The Kier molecular flexibility index (Phi) is 7.15. The fraction of sp³-hybridized carbons (Fsp3) is 0.286. The van der Waals surface area contributed by atoms with Gasteiger partial charge in [-0.05, 0) is 60.2 Å². The Balaban J connectivity index is 1.57. The number of carbonyl (C=O) groups is 2. The van der Waals surface area contributed by atoms with Gasteiger partial charge in [-0.3, -0.25) is 9.69 Å². The molecule has 0 atom stereocenters. The van der Waals surface area contributed by atoms with E-state index in [4.69, 9.17) is 0 Å². The molecule has 1 aliphatic heterocycles. The van der Waals surface area contributed by atoms with E-state index in [9.17, 15) is 18.4 Å². The molecule has 35 heavy (non-hydrogen) atoms. The molecule has 0 bridgehead atoms. The van der Waals surface area contributed by atoms with E-state index in [1.54, 1.807) is 21.9 Å². The van der Waals surface area contributed by atoms with Crippen molar-refractivity contribution in [3.63, 3.8) is 0 Å². The highest BCUT2D eigenvalue weighted by molar-refractivity contribution is 6.08. The molecule has 0 aliphatic carbocycles. The molecule has 0 spiro atoms. The molecule has 0 radical (unpaired) electrons. The number of nitrogens with zero attached hydrogens (tertiary/aromatic N) is 2. The molecule has 182 valence electrons. The van der Waals surface area contributed by atoms with Crippen LogP contribution in [-0.4, -0.2) is 29.9 Å². The molecule has 1 aliphatic rings. The van der Waals surface area contributed by atoms with E-state index in [1.165, 1.54) is 11.6 Å². The average Bonchev–Trinajstić information content (AvgIpc) is 2.81. The van der Waals surface area contributed by atoms with Crippen molar-refractivity contribution < 1.29 is 18.4 Å². The fourth-order valence-corrected chi connectivity index (χ4v) is 4.27. The number of rotatable bonds is 6. The number of hydrogen-bond acceptors (Lipinski definition) is 2. The van der Waals surface area contributed by atoms with Crippen molar-refractivity contribution in [1.29, 1.82) is 0 Å². The van der Waals surface area contributed by atoms with Crippen LogP contribution in [0, 0.1) is 18.6 Å². The van der Waals surface area contributed by atoms with Crippen LogP contribution in [0.2, 0.25) is 0 Å². The van der Waals surface area contributed by atoms with Gasteiger partial charge in [0.25, 0.3) is 5.91 Å². The van der Waals surface area contributed by atoms with Gasteiger partial charge in [-0.15, -0.1) is 0 Å². The van der Waals surface area contributed by atoms with Gasteiger partial charge >= 0.3 is 6.03 Å². The summed E-state index contributed by atoms with van der Waals surface area (Å²) in [5, 5.41) is 2.62. The van der Waals surface area contributed by atoms with Crippen LogP contribution < -0.4 is 10.2 Å². The third-order valence-electron chi connectivity index (χ3n) is 6.21. The Morgan fingerprint density at radius 2 is 1.69 bits per heavy atom. The lowest BCUT2D eigenvalue weighted by Crippen LogP contribution is -2.49. The minimum absolute atomic E-state index is 0.180. The average molecular weight is 478 g/mol. The zero-order valence-electron chi connectivity index (χ0n) is 20.1. The monoisotopic (exact) mass is 477 g/mol. The van der Waals surface area contributed by atoms with Crippen molar-refractivity contribution >= 4 is 23.3 Å². The third-order valence-corrected chi connectivity index (χ3v) is 6.21. The molecular weight excluding hydrogens is 448 g/mol. The summed E-state index contributed by atoms with van der Waals surface area (Å²) in [6.07, 6.45) is 0.749. The van der Waals surface area contributed by atoms with Crippen LogP contribution in [-0.2, 0) is 6.54 Å². The van der Waals surface area contributed by atoms with Gasteiger partial charge in [-0.2, -0.15) is 0 Å². The highest BCUT2D eigenvalue weighted by Gasteiger charge is 2.29. The van der Waals surface area contributed by atoms with E-state index in [1.807, 2.05) is 25.1 Å². The minimum Gasteiger partial charge on any atom is -0.320 e. The first-order chi connectivity index (χ1) is 16.7. The molecule has 3 amide bonds. The highest BCUT2D eigenvalue weighted by Crippen LogP contribution is 2.31. The molecular formula is C28H29F2N3O2. The largest absolute Gasteiger partial charge is 0.324 e. The summed E-state index contributed by atoms with van der Waals surface area (Å²) in [6, 6.07) is 16.6. The summed E-state index contributed by atoms with van der Waals surface area (Å²) in [6.45, 7) is 7.69. The summed E-state index contributed by atoms with van der Waals surface area (Å²) in [5.41, 5.74) is 3.28. The number of amides is 3. The first kappa shape index (κ1) is 24.4. The molecule has 0 saturated carbocycles. The maximum atomic E-state index is 14.2. The van der Waals surface area contributed by atoms with Gasteiger partial charge in [0.1, 0.15) is 17.2 Å². The fourth-order valence-electron chi connectivity index (χ4n) is 4.27. The third kappa shape index (κ3) is 5.34. The molecule has 0 aromatic heterocycles. The molecule has 3 aromatic carbocycles. The lowest BCUT2D eigenvalue weighted by molar-refractivity contribution is 0.101. The summed E-state index contributed by atoms with van der Waals surface area (Å²) >= 11 is 0. The Hall–Kier alpha value is -3.74. The molecule has 1 saturated heterocycles. The van der Waals surface area contributed by atoms with Crippen molar-refractivity contribution in [2.24, 2.45) is 0 Å². The van der Waals surface area contributed by atoms with Gasteiger partial charge in [0.05, 0.1) is 11.4 Å². The molecule has 1 N–H and O–H groups in total. The standard InChI is InChI=1S/C28H29F2N3O2/c1-18(2)21-11-9-20(10-12-21)17-32-14-5-15-33(28(32)35)25-13-8-19(3)16-24(25)31-27(34)26-22(29)6-4-7-23(26)30/h4,6-13,16,18H,5,14-15,17H2,1-3H3,(H,31,34). The number of nitrogens with one attached hydrogen (secondary N) is 1. The quantitative estimate of drug-likeness (QED) is 0.442. The summed E-state index contributed by atoms with van der Waals surface area (Å²) in [5.74, 6) is -2.36. The highest BCUT2D eigenvalue weighted by atomic mass is 19.1. The Labute approximate surface area is 204 Å². The zero-order valence-corrected chi connectivity index (χ0v) is 20.1. The second-order valence-corrected chi connectivity index (χ2v) is 9.18. The number of hydrogen-bond donors (Lipinski definition) is 1. The van der Waals surface area contributed by atoms with Crippen molar-refractivity contribution in [1.82, 2.24) is 4.90 Å². The number of halogens is 2. The first-order valence-electron chi connectivity index (χ1n) is 11.8. The van der Waals surface area contributed by atoms with E-state index >= 15 is 0 Å². The van der Waals surface area contributed by atoms with Gasteiger partial charge in [0.2, 0.25) is 0 Å². The molecule has 3 aromatic rings. The van der Waals surface area contributed by atoms with Gasteiger partial charge in [-0.1, -0.05) is 50.2 Å². The van der Waals surface area contributed by atoms with Crippen molar-refractivity contribution in [3.05, 3.63) is 94.6 Å². The van der Waals surface area contributed by atoms with Gasteiger partial charge < -0.3 is 10.2 Å². The van der Waals surface area contributed by atoms with Crippen molar-refractivity contribution in [3.8, 4) is 0 Å². The normalized spacial score (nSPS) is 13.9. The second-order valence-electron chi connectivity index (χ2n) is 9.18. The SMILES string of the molecule is Cc1ccc(N2CCCN(Cc3ccc(C(C)C)cc3)C2=O)c(NC(=O)c2c(F)cccc2F)c1. The molecule has 4 rings (SSSR count). The van der Waals surface area contributed by atoms with Crippen LogP contribution >= 0.6 is 0 Å². The second kappa shape index (κ2) is 10.3. The van der Waals surface area contributed by atoms with Crippen LogP contribution in [0.3, 0.4) is 0 Å². The molecule has 1 heterocycles. The predicted molar refractivity (Wildman–Crippen MR) is 134 cm³/mol. The van der Waals surface area contributed by atoms with Crippen LogP contribution in [0.15, 0.2) is 60.7 Å². The molecule has 0 unspecified atom stereocenters. The maximum absolute atomic E-state index is 14.2.